The summed E-state index contributed by atoms with van der Waals surface area (Å²) >= 11 is 12.9. The zero-order valence-corrected chi connectivity index (χ0v) is 32.5. The molecular formula is C41H43Cl2N3O5Si. The monoisotopic (exact) mass is 755 g/mol. The minimum atomic E-state index is -2.13. The fourth-order valence-electron chi connectivity index (χ4n) is 7.70. The maximum atomic E-state index is 13.7. The fraction of sp³-hybridized carbons (Fsp3) is 0.341. The lowest BCUT2D eigenvalue weighted by Gasteiger charge is -2.38. The number of carbonyl (C=O) groups excluding carboxylic acids is 1. The number of benzene rings is 3. The Labute approximate surface area is 315 Å². The zero-order chi connectivity index (χ0) is 37.3. The lowest BCUT2D eigenvalue weighted by molar-refractivity contribution is -0.0916. The predicted molar refractivity (Wildman–Crippen MR) is 208 cm³/mol. The second kappa shape index (κ2) is 15.5. The second-order valence-corrected chi connectivity index (χ2v) is 20.6. The molecule has 52 heavy (non-hydrogen) atoms. The van der Waals surface area contributed by atoms with Gasteiger partial charge in [-0.05, 0) is 57.6 Å². The van der Waals surface area contributed by atoms with Gasteiger partial charge in [-0.3, -0.25) is 0 Å². The second-order valence-electron chi connectivity index (χ2n) is 14.3. The van der Waals surface area contributed by atoms with E-state index in [0.29, 0.717) is 49.4 Å². The summed E-state index contributed by atoms with van der Waals surface area (Å²) in [4.78, 5) is 22.4. The Bertz CT molecular complexity index is 2070. The molecule has 5 atom stereocenters. The molecule has 2 aromatic heterocycles. The predicted octanol–water partition coefficient (Wildman–Crippen LogP) is 9.19. The van der Waals surface area contributed by atoms with Crippen LogP contribution in [0.15, 0.2) is 91.4 Å². The molecular weight excluding hydrogens is 713 g/mol. The first kappa shape index (κ1) is 37.7. The van der Waals surface area contributed by atoms with Crippen molar-refractivity contribution in [1.82, 2.24) is 14.5 Å². The summed E-state index contributed by atoms with van der Waals surface area (Å²) in [7, 11) is -2.13. The van der Waals surface area contributed by atoms with Crippen LogP contribution in [0.4, 0.5) is 0 Å². The van der Waals surface area contributed by atoms with Crippen molar-refractivity contribution in [3.63, 3.8) is 0 Å². The molecule has 270 valence electrons. The van der Waals surface area contributed by atoms with Crippen molar-refractivity contribution in [3.05, 3.63) is 118 Å². The lowest BCUT2D eigenvalue weighted by atomic mass is 9.98. The molecule has 1 aliphatic rings. The number of nitrogens with zero attached hydrogens (tertiary/aromatic N) is 3. The van der Waals surface area contributed by atoms with E-state index in [-0.39, 0.29) is 5.15 Å². The van der Waals surface area contributed by atoms with Crippen LogP contribution in [-0.4, -0.2) is 57.1 Å². The summed E-state index contributed by atoms with van der Waals surface area (Å²) in [5.74, 6) is 2.83. The van der Waals surface area contributed by atoms with E-state index in [1.807, 2.05) is 42.5 Å². The Morgan fingerprint density at radius 3 is 2.08 bits per heavy atom. The number of aromatic nitrogens is 3. The summed E-state index contributed by atoms with van der Waals surface area (Å²) in [6.45, 7) is 13.5. The average Bonchev–Trinajstić information content (AvgIpc) is 3.64. The van der Waals surface area contributed by atoms with Crippen LogP contribution < -0.4 is 0 Å². The molecule has 1 saturated heterocycles. The topological polar surface area (TPSA) is 107 Å². The van der Waals surface area contributed by atoms with Crippen LogP contribution in [-0.2, 0) is 9.47 Å². The van der Waals surface area contributed by atoms with Crippen molar-refractivity contribution in [2.24, 2.45) is 0 Å². The standard InChI is InChI=1S/C41H43Cl2N3O5Si/c1-24(2)52(25(3)4,26(5)6)21-20-31-22-46(39-33(31)38(43)44-23-45-39)40-35(48)34(47)37(50-40)36(29-16-18-32(42)19-17-29)51-41(49)30-14-12-28(13-15-30)27-10-8-7-9-11-27/h7-19,22-26,34-37,40,47-48H,1-6H3/t34-,35+,36?,37-,40+/m0/s1. The number of carbonyl (C=O) groups is 1. The average molecular weight is 757 g/mol. The normalized spacial score (nSPS) is 19.6. The molecule has 8 nitrogen and oxygen atoms in total. The highest BCUT2D eigenvalue weighted by atomic mass is 35.5. The van der Waals surface area contributed by atoms with Crippen molar-refractivity contribution in [2.45, 2.75) is 88.8 Å². The van der Waals surface area contributed by atoms with Crippen LogP contribution in [0.2, 0.25) is 26.8 Å². The van der Waals surface area contributed by atoms with Gasteiger partial charge in [0.25, 0.3) is 0 Å². The van der Waals surface area contributed by atoms with Crippen molar-refractivity contribution >= 4 is 48.3 Å². The van der Waals surface area contributed by atoms with E-state index in [0.717, 1.165) is 11.1 Å². The van der Waals surface area contributed by atoms with E-state index in [9.17, 15) is 15.0 Å². The van der Waals surface area contributed by atoms with Crippen LogP contribution in [0.1, 0.15) is 75.4 Å². The quantitative estimate of drug-likeness (QED) is 0.0669. The summed E-state index contributed by atoms with van der Waals surface area (Å²) in [5, 5.41) is 24.4. The maximum absolute atomic E-state index is 13.7. The molecule has 6 rings (SSSR count). The van der Waals surface area contributed by atoms with Crippen LogP contribution in [0.3, 0.4) is 0 Å². The number of rotatable bonds is 9. The molecule has 1 aliphatic heterocycles. The third kappa shape index (κ3) is 7.16. The van der Waals surface area contributed by atoms with Gasteiger partial charge in [-0.25, -0.2) is 14.8 Å². The molecule has 5 aromatic rings. The molecule has 0 spiro atoms. The number of halogens is 2. The highest BCUT2D eigenvalue weighted by Gasteiger charge is 2.50. The van der Waals surface area contributed by atoms with Crippen LogP contribution >= 0.6 is 23.2 Å². The van der Waals surface area contributed by atoms with Crippen LogP contribution in [0.5, 0.6) is 0 Å². The highest BCUT2D eigenvalue weighted by Crippen LogP contribution is 2.43. The number of hydrogen-bond acceptors (Lipinski definition) is 7. The van der Waals surface area contributed by atoms with Gasteiger partial charge < -0.3 is 24.3 Å². The number of ether oxygens (including phenoxy) is 2. The molecule has 0 aliphatic carbocycles. The van der Waals surface area contributed by atoms with Gasteiger partial charge in [-0.15, -0.1) is 5.54 Å². The summed E-state index contributed by atoms with van der Waals surface area (Å²) < 4.78 is 14.2. The third-order valence-electron chi connectivity index (χ3n) is 10.4. The Kier molecular flexibility index (Phi) is 11.3. The van der Waals surface area contributed by atoms with Crippen molar-refractivity contribution in [1.29, 1.82) is 0 Å². The van der Waals surface area contributed by atoms with Crippen LogP contribution in [0.25, 0.3) is 22.2 Å². The molecule has 3 heterocycles. The lowest BCUT2D eigenvalue weighted by Crippen LogP contribution is -2.43. The number of esters is 1. The maximum Gasteiger partial charge on any atom is 0.338 e. The molecule has 1 fully saturated rings. The van der Waals surface area contributed by atoms with E-state index in [1.165, 1.54) is 6.33 Å². The van der Waals surface area contributed by atoms with Gasteiger partial charge >= 0.3 is 5.97 Å². The number of hydrogen-bond donors (Lipinski definition) is 2. The van der Waals surface area contributed by atoms with E-state index >= 15 is 0 Å². The van der Waals surface area contributed by atoms with Gasteiger partial charge in [0, 0.05) is 11.2 Å². The Morgan fingerprint density at radius 2 is 1.46 bits per heavy atom. The summed E-state index contributed by atoms with van der Waals surface area (Å²) in [6, 6.07) is 23.7. The van der Waals surface area contributed by atoms with Crippen molar-refractivity contribution in [2.75, 3.05) is 0 Å². The molecule has 1 unspecified atom stereocenters. The zero-order valence-electron chi connectivity index (χ0n) is 30.0. The first-order valence-corrected chi connectivity index (χ1v) is 20.5. The van der Waals surface area contributed by atoms with Gasteiger partial charge in [0.15, 0.2) is 12.3 Å². The Morgan fingerprint density at radius 1 is 0.846 bits per heavy atom. The summed E-state index contributed by atoms with van der Waals surface area (Å²) in [5.41, 5.74) is 8.77. The highest BCUT2D eigenvalue weighted by molar-refractivity contribution is 6.90. The SMILES string of the molecule is CC(C)[Si](C#Cc1cn([C@@H]2O[C@H](C(OC(=O)c3ccc(-c4ccccc4)cc3)c3ccc(Cl)cc3)[C@@H](O)[C@H]2O)c2ncnc(Cl)c12)(C(C)C)C(C)C. The molecule has 0 radical (unpaired) electrons. The first-order valence-electron chi connectivity index (χ1n) is 17.5. The molecule has 11 heteroatoms. The fourth-order valence-corrected chi connectivity index (χ4v) is 13.3. The number of aliphatic hydroxyl groups excluding tert-OH is 2. The minimum absolute atomic E-state index is 0.217. The largest absolute Gasteiger partial charge is 0.451 e. The van der Waals surface area contributed by atoms with E-state index in [4.69, 9.17) is 32.7 Å². The number of aliphatic hydroxyl groups is 2. The molecule has 0 saturated carbocycles. The molecule has 0 bridgehead atoms. The molecule has 0 amide bonds. The van der Waals surface area contributed by atoms with Crippen molar-refractivity contribution in [3.8, 4) is 22.6 Å². The van der Waals surface area contributed by atoms with Gasteiger partial charge in [-0.1, -0.05) is 125 Å². The van der Waals surface area contributed by atoms with E-state index < -0.39 is 44.7 Å². The summed E-state index contributed by atoms with van der Waals surface area (Å²) in [6.07, 6.45) is -3.19. The van der Waals surface area contributed by atoms with E-state index in [1.54, 1.807) is 47.2 Å². The molecule has 3 aromatic carbocycles. The van der Waals surface area contributed by atoms with Gasteiger partial charge in [-0.2, -0.15) is 0 Å². The Hall–Kier alpha value is -4.01. The smallest absolute Gasteiger partial charge is 0.338 e. The van der Waals surface area contributed by atoms with E-state index in [2.05, 4.69) is 63.0 Å². The van der Waals surface area contributed by atoms with Gasteiger partial charge in [0.05, 0.1) is 16.5 Å². The first-order chi connectivity index (χ1) is 24.8. The van der Waals surface area contributed by atoms with Gasteiger partial charge in [0.2, 0.25) is 0 Å². The minimum Gasteiger partial charge on any atom is -0.451 e. The molecule has 2 N–H and O–H groups in total. The number of fused-ring (bicyclic) bond motifs is 1. The van der Waals surface area contributed by atoms with Crippen molar-refractivity contribution < 1.29 is 24.5 Å². The Balaban J connectivity index is 1.36. The van der Waals surface area contributed by atoms with Crippen LogP contribution in [0, 0.1) is 11.5 Å². The van der Waals surface area contributed by atoms with Gasteiger partial charge in [0.1, 0.15) is 43.5 Å². The third-order valence-corrected chi connectivity index (χ3v) is 17.2.